The third-order valence-electron chi connectivity index (χ3n) is 4.24. The quantitative estimate of drug-likeness (QED) is 0.507. The lowest BCUT2D eigenvalue weighted by Crippen LogP contribution is -2.14. The highest BCUT2D eigenvalue weighted by Gasteiger charge is 2.34. The molecule has 0 heteroatoms. The summed E-state index contributed by atoms with van der Waals surface area (Å²) in [5.74, 6) is 1.02. The predicted octanol–water partition coefficient (Wildman–Crippen LogP) is 4.15. The van der Waals surface area contributed by atoms with Gasteiger partial charge in [0.1, 0.15) is 0 Å². The van der Waals surface area contributed by atoms with E-state index >= 15 is 0 Å². The van der Waals surface area contributed by atoms with Gasteiger partial charge in [-0.3, -0.25) is 0 Å². The molecule has 0 aromatic heterocycles. The number of rotatable bonds is 0. The van der Waals surface area contributed by atoms with Crippen molar-refractivity contribution in [2.24, 2.45) is 11.3 Å². The summed E-state index contributed by atoms with van der Waals surface area (Å²) < 4.78 is 0. The normalized spacial score (nSPS) is 35.2. The molecule has 1 atom stereocenters. The van der Waals surface area contributed by atoms with Gasteiger partial charge in [0, 0.05) is 0 Å². The third kappa shape index (κ3) is 1.67. The van der Waals surface area contributed by atoms with E-state index in [1.165, 1.54) is 32.1 Å². The largest absolute Gasteiger partial charge is 0.0625 e. The average Bonchev–Trinajstić information content (AvgIpc) is 2.42. The van der Waals surface area contributed by atoms with E-state index in [0.717, 1.165) is 11.3 Å². The molecule has 12 heavy (non-hydrogen) atoms. The first-order valence-electron chi connectivity index (χ1n) is 5.81. The molecule has 2 saturated carbocycles. The van der Waals surface area contributed by atoms with Crippen molar-refractivity contribution in [1.82, 2.24) is 0 Å². The fourth-order valence-electron chi connectivity index (χ4n) is 3.27. The molecule has 0 radical (unpaired) electrons. The molecule has 2 aliphatic rings. The van der Waals surface area contributed by atoms with Gasteiger partial charge >= 0.3 is 0 Å². The summed E-state index contributed by atoms with van der Waals surface area (Å²) in [6.07, 6.45) is 13.8. The molecule has 70 valence electrons. The van der Waals surface area contributed by atoms with Gasteiger partial charge in [0.15, 0.2) is 0 Å². The topological polar surface area (TPSA) is 0 Å². The highest BCUT2D eigenvalue weighted by atomic mass is 14.4. The lowest BCUT2D eigenvalue weighted by Gasteiger charge is -2.27. The van der Waals surface area contributed by atoms with Crippen molar-refractivity contribution in [3.05, 3.63) is 0 Å². The molecule has 2 fully saturated rings. The molecular formula is C12H22. The molecule has 0 saturated heterocycles. The van der Waals surface area contributed by atoms with Crippen molar-refractivity contribution in [2.75, 3.05) is 0 Å². The van der Waals surface area contributed by atoms with Crippen LogP contribution in [-0.2, 0) is 0 Å². The molecule has 2 rings (SSSR count). The third-order valence-corrected chi connectivity index (χ3v) is 4.24. The summed E-state index contributed by atoms with van der Waals surface area (Å²) in [5.41, 5.74) is 0.838. The molecule has 1 unspecified atom stereocenters. The highest BCUT2D eigenvalue weighted by molar-refractivity contribution is 4.86. The van der Waals surface area contributed by atoms with Gasteiger partial charge in [-0.15, -0.1) is 0 Å². The fraction of sp³-hybridized carbons (Fsp3) is 1.00. The van der Waals surface area contributed by atoms with Crippen molar-refractivity contribution in [3.8, 4) is 0 Å². The van der Waals surface area contributed by atoms with Crippen molar-refractivity contribution in [1.29, 1.82) is 0 Å². The number of hydrogen-bond acceptors (Lipinski definition) is 0. The van der Waals surface area contributed by atoms with Crippen molar-refractivity contribution in [2.45, 2.75) is 64.7 Å². The van der Waals surface area contributed by atoms with E-state index in [4.69, 9.17) is 0 Å². The summed E-state index contributed by atoms with van der Waals surface area (Å²) in [5, 5.41) is 0. The van der Waals surface area contributed by atoms with Gasteiger partial charge < -0.3 is 0 Å². The Balaban J connectivity index is 1.97. The Bertz CT molecular complexity index is 142. The van der Waals surface area contributed by atoms with Gasteiger partial charge in [0.25, 0.3) is 0 Å². The van der Waals surface area contributed by atoms with Crippen LogP contribution in [0.4, 0.5) is 0 Å². The van der Waals surface area contributed by atoms with Gasteiger partial charge in [0.05, 0.1) is 0 Å². The van der Waals surface area contributed by atoms with Gasteiger partial charge in [-0.05, 0) is 37.0 Å². The van der Waals surface area contributed by atoms with Crippen molar-refractivity contribution in [3.63, 3.8) is 0 Å². The van der Waals surface area contributed by atoms with E-state index < -0.39 is 0 Å². The number of hydrogen-bond donors (Lipinski definition) is 0. The highest BCUT2D eigenvalue weighted by Crippen LogP contribution is 2.48. The second kappa shape index (κ2) is 3.40. The molecule has 0 amide bonds. The minimum Gasteiger partial charge on any atom is -0.0625 e. The van der Waals surface area contributed by atoms with Crippen LogP contribution in [0.1, 0.15) is 64.7 Å². The van der Waals surface area contributed by atoms with Crippen LogP contribution in [-0.4, -0.2) is 0 Å². The van der Waals surface area contributed by atoms with Gasteiger partial charge in [-0.25, -0.2) is 0 Å². The van der Waals surface area contributed by atoms with E-state index in [0.29, 0.717) is 0 Å². The SMILES string of the molecule is CC1CCCC2(CCCC2)CC1. The molecule has 0 N–H and O–H groups in total. The van der Waals surface area contributed by atoms with E-state index in [1.807, 2.05) is 0 Å². The Labute approximate surface area is 76.7 Å². The Kier molecular flexibility index (Phi) is 2.43. The summed E-state index contributed by atoms with van der Waals surface area (Å²) >= 11 is 0. The first-order chi connectivity index (χ1) is 5.81. The lowest BCUT2D eigenvalue weighted by molar-refractivity contribution is 0.250. The average molecular weight is 166 g/mol. The van der Waals surface area contributed by atoms with Crippen molar-refractivity contribution < 1.29 is 0 Å². The van der Waals surface area contributed by atoms with Crippen LogP contribution >= 0.6 is 0 Å². The summed E-state index contributed by atoms with van der Waals surface area (Å²) in [6.45, 7) is 2.44. The first kappa shape index (κ1) is 8.59. The van der Waals surface area contributed by atoms with Crippen LogP contribution in [0.5, 0.6) is 0 Å². The van der Waals surface area contributed by atoms with Crippen LogP contribution in [0.25, 0.3) is 0 Å². The van der Waals surface area contributed by atoms with Crippen LogP contribution in [0.3, 0.4) is 0 Å². The molecule has 0 aromatic carbocycles. The molecule has 2 aliphatic carbocycles. The Morgan fingerprint density at radius 1 is 0.833 bits per heavy atom. The molecule has 1 spiro atoms. The molecular weight excluding hydrogens is 144 g/mol. The molecule has 0 aromatic rings. The zero-order valence-electron chi connectivity index (χ0n) is 8.44. The van der Waals surface area contributed by atoms with E-state index in [2.05, 4.69) is 6.92 Å². The van der Waals surface area contributed by atoms with E-state index in [9.17, 15) is 0 Å². The van der Waals surface area contributed by atoms with Crippen LogP contribution in [0, 0.1) is 11.3 Å². The van der Waals surface area contributed by atoms with Gasteiger partial charge in [0.2, 0.25) is 0 Å². The standard InChI is InChI=1S/C12H22/c1-11-5-4-9-12(10-6-11)7-2-3-8-12/h11H,2-10H2,1H3. The Morgan fingerprint density at radius 2 is 1.50 bits per heavy atom. The van der Waals surface area contributed by atoms with E-state index in [-0.39, 0.29) is 0 Å². The summed E-state index contributed by atoms with van der Waals surface area (Å²) in [6, 6.07) is 0. The molecule has 0 aliphatic heterocycles. The zero-order chi connectivity index (χ0) is 8.44. The smallest absolute Gasteiger partial charge is 0.0297 e. The first-order valence-corrected chi connectivity index (χ1v) is 5.81. The maximum atomic E-state index is 2.44. The Hall–Kier alpha value is 0. The molecule has 0 bridgehead atoms. The monoisotopic (exact) mass is 166 g/mol. The minimum atomic E-state index is 0.838. The minimum absolute atomic E-state index is 0.838. The van der Waals surface area contributed by atoms with Crippen LogP contribution in [0.15, 0.2) is 0 Å². The maximum absolute atomic E-state index is 2.44. The van der Waals surface area contributed by atoms with Crippen LogP contribution in [0.2, 0.25) is 0 Å². The lowest BCUT2D eigenvalue weighted by atomic mass is 9.79. The van der Waals surface area contributed by atoms with E-state index in [1.54, 1.807) is 25.7 Å². The molecule has 0 nitrogen and oxygen atoms in total. The van der Waals surface area contributed by atoms with Gasteiger partial charge in [-0.1, -0.05) is 39.0 Å². The second-order valence-corrected chi connectivity index (χ2v) is 5.24. The Morgan fingerprint density at radius 3 is 2.25 bits per heavy atom. The predicted molar refractivity (Wildman–Crippen MR) is 53.2 cm³/mol. The van der Waals surface area contributed by atoms with Crippen LogP contribution < -0.4 is 0 Å². The zero-order valence-corrected chi connectivity index (χ0v) is 8.44. The summed E-state index contributed by atoms with van der Waals surface area (Å²) in [4.78, 5) is 0. The molecule has 0 heterocycles. The maximum Gasteiger partial charge on any atom is -0.0297 e. The summed E-state index contributed by atoms with van der Waals surface area (Å²) in [7, 11) is 0. The van der Waals surface area contributed by atoms with Gasteiger partial charge in [-0.2, -0.15) is 0 Å². The fourth-order valence-corrected chi connectivity index (χ4v) is 3.27. The van der Waals surface area contributed by atoms with Crippen molar-refractivity contribution >= 4 is 0 Å². The second-order valence-electron chi connectivity index (χ2n) is 5.24.